The molecule has 0 spiro atoms. The molecule has 2 fully saturated rings. The molecular weight excluding hydrogens is 534 g/mol. The fourth-order valence-electron chi connectivity index (χ4n) is 5.69. The van der Waals surface area contributed by atoms with Crippen LogP contribution in [0.1, 0.15) is 40.0 Å². The van der Waals surface area contributed by atoms with Crippen LogP contribution in [0.15, 0.2) is 36.5 Å². The predicted octanol–water partition coefficient (Wildman–Crippen LogP) is 4.58. The largest absolute Gasteiger partial charge is 0.490 e. The van der Waals surface area contributed by atoms with Crippen molar-refractivity contribution in [3.05, 3.63) is 41.6 Å². The Morgan fingerprint density at radius 2 is 1.95 bits per heavy atom. The number of anilines is 2. The fraction of sp³-hybridized carbons (Fsp3) is 0.600. The number of nitrogens with zero attached hydrogens (tertiary/aromatic N) is 3. The Kier molecular flexibility index (Phi) is 10.8. The van der Waals surface area contributed by atoms with E-state index in [0.717, 1.165) is 36.6 Å². The van der Waals surface area contributed by atoms with E-state index in [1.807, 2.05) is 25.1 Å². The Morgan fingerprint density at radius 1 is 1.18 bits per heavy atom. The smallest absolute Gasteiger partial charge is 0.307 e. The molecule has 2 aromatic rings. The van der Waals surface area contributed by atoms with Gasteiger partial charge in [0.2, 0.25) is 5.88 Å². The van der Waals surface area contributed by atoms with Gasteiger partial charge < -0.3 is 33.9 Å². The molecule has 2 unspecified atom stereocenters. The number of pyridine rings is 1. The van der Waals surface area contributed by atoms with Gasteiger partial charge in [0.15, 0.2) is 0 Å². The van der Waals surface area contributed by atoms with E-state index in [-0.39, 0.29) is 42.7 Å². The first-order valence-electron chi connectivity index (χ1n) is 14.2. The molecule has 0 bridgehead atoms. The lowest BCUT2D eigenvalue weighted by molar-refractivity contribution is -0.143. The van der Waals surface area contributed by atoms with Crippen molar-refractivity contribution >= 4 is 28.9 Å². The summed E-state index contributed by atoms with van der Waals surface area (Å²) >= 11 is 6.43. The molecule has 5 atom stereocenters. The molecule has 2 saturated heterocycles. The van der Waals surface area contributed by atoms with Crippen LogP contribution < -0.4 is 19.3 Å². The zero-order chi connectivity index (χ0) is 28.6. The Hall–Kier alpha value is -2.75. The quantitative estimate of drug-likeness (QED) is 0.288. The minimum atomic E-state index is -0.202. The SMILES string of the molecule is CCOC(=O)C[C@H]1[C@H](C)[C@@H](OCCCO)CN1c1ccc(OC2CCN(c3cc(OC)ncc3Cl)CC2C)cc1. The molecule has 0 aliphatic carbocycles. The van der Waals surface area contributed by atoms with Crippen molar-refractivity contribution in [1.82, 2.24) is 4.98 Å². The van der Waals surface area contributed by atoms with Gasteiger partial charge in [-0.3, -0.25) is 4.79 Å². The van der Waals surface area contributed by atoms with E-state index in [2.05, 4.69) is 40.8 Å². The van der Waals surface area contributed by atoms with Gasteiger partial charge in [-0.05, 0) is 37.6 Å². The number of carbonyl (C=O) groups is 1. The molecule has 1 N–H and O–H groups in total. The van der Waals surface area contributed by atoms with E-state index < -0.39 is 0 Å². The van der Waals surface area contributed by atoms with E-state index >= 15 is 0 Å². The number of aliphatic hydroxyl groups is 1. The number of halogens is 1. The molecule has 10 heteroatoms. The predicted molar refractivity (Wildman–Crippen MR) is 156 cm³/mol. The first-order valence-corrected chi connectivity index (χ1v) is 14.6. The highest BCUT2D eigenvalue weighted by molar-refractivity contribution is 6.33. The molecule has 4 rings (SSSR count). The van der Waals surface area contributed by atoms with Crippen molar-refractivity contribution in [2.24, 2.45) is 11.8 Å². The number of aromatic nitrogens is 1. The van der Waals surface area contributed by atoms with Crippen molar-refractivity contribution in [3.63, 3.8) is 0 Å². The van der Waals surface area contributed by atoms with Crippen molar-refractivity contribution in [3.8, 4) is 11.6 Å². The van der Waals surface area contributed by atoms with E-state index in [0.29, 0.717) is 43.5 Å². The van der Waals surface area contributed by atoms with Crippen LogP contribution in [0.5, 0.6) is 11.6 Å². The highest BCUT2D eigenvalue weighted by atomic mass is 35.5. The number of benzene rings is 1. The highest BCUT2D eigenvalue weighted by Gasteiger charge is 2.41. The van der Waals surface area contributed by atoms with E-state index in [1.165, 1.54) is 0 Å². The van der Waals surface area contributed by atoms with Crippen LogP contribution in [0.25, 0.3) is 0 Å². The number of hydrogen-bond acceptors (Lipinski definition) is 9. The second-order valence-corrected chi connectivity index (χ2v) is 11.0. The lowest BCUT2D eigenvalue weighted by Gasteiger charge is -2.38. The van der Waals surface area contributed by atoms with Crippen LogP contribution >= 0.6 is 11.6 Å². The van der Waals surface area contributed by atoms with Gasteiger partial charge >= 0.3 is 5.97 Å². The first kappa shape index (κ1) is 30.2. The second-order valence-electron chi connectivity index (χ2n) is 10.6. The molecule has 40 heavy (non-hydrogen) atoms. The van der Waals surface area contributed by atoms with Crippen molar-refractivity contribution in [1.29, 1.82) is 0 Å². The maximum atomic E-state index is 12.4. The molecule has 220 valence electrons. The third-order valence-electron chi connectivity index (χ3n) is 7.93. The molecule has 0 saturated carbocycles. The Labute approximate surface area is 242 Å². The van der Waals surface area contributed by atoms with Crippen LogP contribution in [0.4, 0.5) is 11.4 Å². The summed E-state index contributed by atoms with van der Waals surface area (Å²) in [6.45, 7) is 9.40. The summed E-state index contributed by atoms with van der Waals surface area (Å²) in [7, 11) is 1.60. The van der Waals surface area contributed by atoms with Gasteiger partial charge in [-0.1, -0.05) is 25.4 Å². The first-order chi connectivity index (χ1) is 19.3. The number of methoxy groups -OCH3 is 1. The van der Waals surface area contributed by atoms with Crippen LogP contribution in [0.2, 0.25) is 5.02 Å². The van der Waals surface area contributed by atoms with Crippen LogP contribution in [0.3, 0.4) is 0 Å². The lowest BCUT2D eigenvalue weighted by Crippen LogP contribution is -2.44. The number of aliphatic hydroxyl groups excluding tert-OH is 1. The number of ether oxygens (including phenoxy) is 4. The van der Waals surface area contributed by atoms with Crippen LogP contribution in [-0.2, 0) is 14.3 Å². The average molecular weight is 576 g/mol. The zero-order valence-electron chi connectivity index (χ0n) is 23.9. The van der Waals surface area contributed by atoms with Crippen LogP contribution in [0, 0.1) is 11.8 Å². The Morgan fingerprint density at radius 3 is 2.62 bits per heavy atom. The van der Waals surface area contributed by atoms with Gasteiger partial charge in [-0.25, -0.2) is 4.98 Å². The molecular formula is C30H42ClN3O6. The summed E-state index contributed by atoms with van der Waals surface area (Å²) in [5.74, 6) is 1.59. The number of piperidine rings is 1. The number of esters is 1. The van der Waals surface area contributed by atoms with Crippen molar-refractivity contribution in [2.75, 3.05) is 56.4 Å². The molecule has 9 nitrogen and oxygen atoms in total. The van der Waals surface area contributed by atoms with Gasteiger partial charge in [0, 0.05) is 68.9 Å². The monoisotopic (exact) mass is 575 g/mol. The molecule has 2 aliphatic rings. The summed E-state index contributed by atoms with van der Waals surface area (Å²) in [5.41, 5.74) is 1.95. The third-order valence-corrected chi connectivity index (χ3v) is 8.22. The van der Waals surface area contributed by atoms with Gasteiger partial charge in [0.05, 0.1) is 43.1 Å². The van der Waals surface area contributed by atoms with Gasteiger partial charge in [0.25, 0.3) is 0 Å². The summed E-state index contributed by atoms with van der Waals surface area (Å²) in [5, 5.41) is 9.76. The summed E-state index contributed by atoms with van der Waals surface area (Å²) in [6, 6.07) is 9.97. The molecule has 0 amide bonds. The second kappa shape index (κ2) is 14.2. The van der Waals surface area contributed by atoms with Crippen molar-refractivity contribution in [2.45, 2.75) is 58.3 Å². The highest BCUT2D eigenvalue weighted by Crippen LogP contribution is 2.36. The molecule has 1 aromatic carbocycles. The standard InChI is InChI=1S/C30H42ClN3O6/c1-5-38-30(36)16-25-21(3)28(39-14-6-13-35)19-34(25)22-7-9-23(10-8-22)40-27-11-12-33(18-20(27)2)26-15-29(37-4)32-17-24(26)31/h7-10,15,17,20-21,25,27-28,35H,5-6,11-14,16,18-19H2,1-4H3/t20?,21-,25-,27?,28-/m0/s1. The van der Waals surface area contributed by atoms with Gasteiger partial charge in [-0.2, -0.15) is 0 Å². The number of rotatable bonds is 12. The minimum Gasteiger partial charge on any atom is -0.490 e. The maximum absolute atomic E-state index is 12.4. The van der Waals surface area contributed by atoms with Gasteiger partial charge in [-0.15, -0.1) is 0 Å². The molecule has 2 aliphatic heterocycles. The van der Waals surface area contributed by atoms with Crippen LogP contribution in [-0.4, -0.2) is 80.9 Å². The summed E-state index contributed by atoms with van der Waals surface area (Å²) < 4.78 is 23.1. The zero-order valence-corrected chi connectivity index (χ0v) is 24.7. The third kappa shape index (κ3) is 7.30. The normalized spacial score (nSPS) is 24.7. The lowest BCUT2D eigenvalue weighted by atomic mass is 9.96. The number of hydrogen-bond donors (Lipinski definition) is 1. The minimum absolute atomic E-state index is 0.0261. The van der Waals surface area contributed by atoms with E-state index in [4.69, 9.17) is 35.7 Å². The Balaban J connectivity index is 1.40. The maximum Gasteiger partial charge on any atom is 0.307 e. The topological polar surface area (TPSA) is 93.6 Å². The molecule has 1 aromatic heterocycles. The fourth-order valence-corrected chi connectivity index (χ4v) is 5.91. The number of carbonyl (C=O) groups excluding carboxylic acids is 1. The summed E-state index contributed by atoms with van der Waals surface area (Å²) in [6.07, 6.45) is 3.45. The molecule has 0 radical (unpaired) electrons. The van der Waals surface area contributed by atoms with E-state index in [9.17, 15) is 4.79 Å². The summed E-state index contributed by atoms with van der Waals surface area (Å²) in [4.78, 5) is 21.1. The average Bonchev–Trinajstić information content (AvgIpc) is 3.25. The van der Waals surface area contributed by atoms with Crippen molar-refractivity contribution < 1.29 is 28.8 Å². The van der Waals surface area contributed by atoms with E-state index in [1.54, 1.807) is 13.3 Å². The Bertz CT molecular complexity index is 1100. The van der Waals surface area contributed by atoms with Gasteiger partial charge in [0.1, 0.15) is 11.9 Å². The molecule has 3 heterocycles.